The summed E-state index contributed by atoms with van der Waals surface area (Å²) in [7, 11) is -3.36. The summed E-state index contributed by atoms with van der Waals surface area (Å²) in [4.78, 5) is 0. The average Bonchev–Trinajstić information content (AvgIpc) is 2.37. The number of nitrogens with zero attached hydrogens (tertiary/aromatic N) is 1. The average molecular weight is 299 g/mol. The first kappa shape index (κ1) is 15.4. The van der Waals surface area contributed by atoms with Crippen molar-refractivity contribution >= 4 is 10.0 Å². The minimum Gasteiger partial charge on any atom is -0.392 e. The van der Waals surface area contributed by atoms with Crippen LogP contribution in [0.5, 0.6) is 0 Å². The van der Waals surface area contributed by atoms with Gasteiger partial charge in [0.05, 0.1) is 24.6 Å². The molecule has 0 radical (unpaired) electrons. The van der Waals surface area contributed by atoms with E-state index in [1.165, 1.54) is 4.31 Å². The van der Waals surface area contributed by atoms with E-state index in [1.807, 2.05) is 13.8 Å². The molecule has 1 aromatic carbocycles. The molecule has 2 atom stereocenters. The molecule has 112 valence electrons. The van der Waals surface area contributed by atoms with Gasteiger partial charge >= 0.3 is 0 Å². The van der Waals surface area contributed by atoms with E-state index in [0.29, 0.717) is 18.7 Å². The van der Waals surface area contributed by atoms with Gasteiger partial charge in [-0.25, -0.2) is 8.42 Å². The number of rotatable bonds is 4. The summed E-state index contributed by atoms with van der Waals surface area (Å²) in [6.45, 7) is 4.47. The van der Waals surface area contributed by atoms with Crippen molar-refractivity contribution in [2.45, 2.75) is 38.4 Å². The zero-order valence-corrected chi connectivity index (χ0v) is 12.6. The topological polar surface area (TPSA) is 66.8 Å². The molecule has 1 N–H and O–H groups in total. The number of sulfonamides is 1. The molecular weight excluding hydrogens is 278 g/mol. The van der Waals surface area contributed by atoms with Crippen molar-refractivity contribution in [3.63, 3.8) is 0 Å². The van der Waals surface area contributed by atoms with Crippen LogP contribution in [0.3, 0.4) is 0 Å². The first-order valence-corrected chi connectivity index (χ1v) is 8.33. The first-order valence-electron chi connectivity index (χ1n) is 6.72. The van der Waals surface area contributed by atoms with Crippen LogP contribution in [0.4, 0.5) is 0 Å². The van der Waals surface area contributed by atoms with Gasteiger partial charge in [0.25, 0.3) is 0 Å². The third kappa shape index (κ3) is 3.79. The first-order chi connectivity index (χ1) is 9.40. The zero-order valence-electron chi connectivity index (χ0n) is 11.8. The van der Waals surface area contributed by atoms with Crippen LogP contribution in [0.15, 0.2) is 24.3 Å². The number of hydrogen-bond donors (Lipinski definition) is 1. The van der Waals surface area contributed by atoms with Gasteiger partial charge in [0, 0.05) is 13.1 Å². The summed E-state index contributed by atoms with van der Waals surface area (Å²) in [6.07, 6.45) is -0.172. The largest absolute Gasteiger partial charge is 0.392 e. The fraction of sp³-hybridized carbons (Fsp3) is 0.571. The quantitative estimate of drug-likeness (QED) is 0.904. The van der Waals surface area contributed by atoms with Crippen molar-refractivity contribution in [1.82, 2.24) is 4.31 Å². The Morgan fingerprint density at radius 2 is 1.85 bits per heavy atom. The molecular formula is C14H21NO4S. The van der Waals surface area contributed by atoms with Crippen molar-refractivity contribution < 1.29 is 18.3 Å². The van der Waals surface area contributed by atoms with Crippen LogP contribution in [0.1, 0.15) is 25.0 Å². The SMILES string of the molecule is C[C@@H]1CN(S(=O)(=O)Cc2cccc(CO)c2)C[C@H](C)O1. The van der Waals surface area contributed by atoms with E-state index in [-0.39, 0.29) is 24.6 Å². The number of morpholine rings is 1. The highest BCUT2D eigenvalue weighted by Crippen LogP contribution is 2.18. The molecule has 1 heterocycles. The van der Waals surface area contributed by atoms with Crippen molar-refractivity contribution in [3.05, 3.63) is 35.4 Å². The second-order valence-electron chi connectivity index (χ2n) is 5.31. The maximum absolute atomic E-state index is 12.5. The Hall–Kier alpha value is -0.950. The van der Waals surface area contributed by atoms with Crippen LogP contribution >= 0.6 is 0 Å². The van der Waals surface area contributed by atoms with Gasteiger partial charge in [0.2, 0.25) is 10.0 Å². The third-order valence-electron chi connectivity index (χ3n) is 3.30. The normalized spacial score (nSPS) is 24.8. The van der Waals surface area contributed by atoms with E-state index in [0.717, 1.165) is 5.56 Å². The summed E-state index contributed by atoms with van der Waals surface area (Å²) in [5.41, 5.74) is 1.42. The van der Waals surface area contributed by atoms with E-state index in [2.05, 4.69) is 0 Å². The molecule has 0 spiro atoms. The molecule has 5 nitrogen and oxygen atoms in total. The van der Waals surface area contributed by atoms with E-state index in [9.17, 15) is 8.42 Å². The maximum Gasteiger partial charge on any atom is 0.218 e. The Balaban J connectivity index is 2.14. The van der Waals surface area contributed by atoms with E-state index in [4.69, 9.17) is 9.84 Å². The van der Waals surface area contributed by atoms with Gasteiger partial charge in [-0.2, -0.15) is 4.31 Å². The molecule has 1 saturated heterocycles. The highest BCUT2D eigenvalue weighted by molar-refractivity contribution is 7.88. The van der Waals surface area contributed by atoms with Crippen LogP contribution < -0.4 is 0 Å². The number of ether oxygens (including phenoxy) is 1. The van der Waals surface area contributed by atoms with Crippen molar-refractivity contribution in [2.75, 3.05) is 13.1 Å². The summed E-state index contributed by atoms with van der Waals surface area (Å²) in [6, 6.07) is 7.03. The van der Waals surface area contributed by atoms with Crippen LogP contribution in [-0.2, 0) is 27.1 Å². The number of benzene rings is 1. The van der Waals surface area contributed by atoms with E-state index < -0.39 is 10.0 Å². The summed E-state index contributed by atoms with van der Waals surface area (Å²) >= 11 is 0. The number of aliphatic hydroxyl groups is 1. The summed E-state index contributed by atoms with van der Waals surface area (Å²) < 4.78 is 32.0. The lowest BCUT2D eigenvalue weighted by molar-refractivity contribution is -0.0441. The van der Waals surface area contributed by atoms with Crippen LogP contribution in [0.2, 0.25) is 0 Å². The monoisotopic (exact) mass is 299 g/mol. The third-order valence-corrected chi connectivity index (χ3v) is 5.09. The molecule has 0 amide bonds. The highest BCUT2D eigenvalue weighted by atomic mass is 32.2. The Labute approximate surface area is 120 Å². The van der Waals surface area contributed by atoms with Crippen LogP contribution in [-0.4, -0.2) is 43.1 Å². The van der Waals surface area contributed by atoms with Gasteiger partial charge < -0.3 is 9.84 Å². The lowest BCUT2D eigenvalue weighted by Gasteiger charge is -2.34. The Morgan fingerprint density at radius 3 is 2.45 bits per heavy atom. The van der Waals surface area contributed by atoms with Crippen molar-refractivity contribution in [1.29, 1.82) is 0 Å². The number of aliphatic hydroxyl groups excluding tert-OH is 1. The van der Waals surface area contributed by atoms with Gasteiger partial charge in [0.15, 0.2) is 0 Å². The lowest BCUT2D eigenvalue weighted by Crippen LogP contribution is -2.48. The minimum atomic E-state index is -3.36. The van der Waals surface area contributed by atoms with Gasteiger partial charge in [-0.05, 0) is 25.0 Å². The fourth-order valence-corrected chi connectivity index (χ4v) is 4.14. The molecule has 1 aliphatic rings. The van der Waals surface area contributed by atoms with Crippen LogP contribution in [0.25, 0.3) is 0 Å². The molecule has 0 unspecified atom stereocenters. The van der Waals surface area contributed by atoms with Crippen molar-refractivity contribution in [2.24, 2.45) is 0 Å². The van der Waals surface area contributed by atoms with Gasteiger partial charge in [-0.15, -0.1) is 0 Å². The zero-order chi connectivity index (χ0) is 14.8. The molecule has 20 heavy (non-hydrogen) atoms. The standard InChI is InChI=1S/C14H21NO4S/c1-11-7-15(8-12(2)19-11)20(17,18)10-14-5-3-4-13(6-14)9-16/h3-6,11-12,16H,7-10H2,1-2H3/t11-,12+. The van der Waals surface area contributed by atoms with Crippen molar-refractivity contribution in [3.8, 4) is 0 Å². The Bertz CT molecular complexity index is 548. The summed E-state index contributed by atoms with van der Waals surface area (Å²) in [5, 5.41) is 9.10. The highest BCUT2D eigenvalue weighted by Gasteiger charge is 2.30. The lowest BCUT2D eigenvalue weighted by atomic mass is 10.1. The predicted octanol–water partition coefficient (Wildman–Crippen LogP) is 1.12. The Morgan fingerprint density at radius 1 is 1.25 bits per heavy atom. The van der Waals surface area contributed by atoms with E-state index >= 15 is 0 Å². The molecule has 0 aromatic heterocycles. The molecule has 0 bridgehead atoms. The van der Waals surface area contributed by atoms with Crippen LogP contribution in [0, 0.1) is 0 Å². The van der Waals surface area contributed by atoms with Gasteiger partial charge in [-0.3, -0.25) is 0 Å². The smallest absolute Gasteiger partial charge is 0.218 e. The summed E-state index contributed by atoms with van der Waals surface area (Å²) in [5.74, 6) is -0.0414. The molecule has 0 saturated carbocycles. The molecule has 1 aromatic rings. The molecule has 6 heteroatoms. The number of hydrogen-bond acceptors (Lipinski definition) is 4. The van der Waals surface area contributed by atoms with E-state index in [1.54, 1.807) is 24.3 Å². The second-order valence-corrected chi connectivity index (χ2v) is 7.28. The predicted molar refractivity (Wildman–Crippen MR) is 76.6 cm³/mol. The molecule has 1 fully saturated rings. The van der Waals surface area contributed by atoms with Gasteiger partial charge in [-0.1, -0.05) is 24.3 Å². The molecule has 1 aliphatic heterocycles. The second kappa shape index (κ2) is 6.22. The maximum atomic E-state index is 12.5. The Kier molecular flexibility index (Phi) is 4.80. The molecule has 2 rings (SSSR count). The fourth-order valence-electron chi connectivity index (χ4n) is 2.48. The minimum absolute atomic E-state index is 0.0414. The van der Waals surface area contributed by atoms with Gasteiger partial charge in [0.1, 0.15) is 0 Å². The molecule has 0 aliphatic carbocycles.